The highest BCUT2D eigenvalue weighted by molar-refractivity contribution is 6.22. The van der Waals surface area contributed by atoms with Crippen LogP contribution in [0.5, 0.6) is 0 Å². The molecule has 0 saturated carbocycles. The second kappa shape index (κ2) is 3.06. The van der Waals surface area contributed by atoms with Gasteiger partial charge in [-0.05, 0) is 19.3 Å². The Morgan fingerprint density at radius 2 is 2.50 bits per heavy atom. The average Bonchev–Trinajstić information content (AvgIpc) is 1.88. The summed E-state index contributed by atoms with van der Waals surface area (Å²) in [6.45, 7) is 0. The number of allylic oxidation sites excluding steroid dienone is 1. The molecular formula is C7H9ClO2. The van der Waals surface area contributed by atoms with Crippen molar-refractivity contribution in [1.82, 2.24) is 0 Å². The number of hydrogen-bond acceptors (Lipinski definition) is 1. The highest BCUT2D eigenvalue weighted by Gasteiger charge is 2.15. The largest absolute Gasteiger partial charge is 0.478 e. The molecule has 10 heavy (non-hydrogen) atoms. The molecule has 0 spiro atoms. The molecule has 0 saturated heterocycles. The summed E-state index contributed by atoms with van der Waals surface area (Å²) in [7, 11) is 0. The summed E-state index contributed by atoms with van der Waals surface area (Å²) in [5, 5.41) is 8.46. The first kappa shape index (κ1) is 7.61. The number of carboxylic acids is 1. The van der Waals surface area contributed by atoms with Gasteiger partial charge in [-0.25, -0.2) is 4.79 Å². The molecule has 0 aromatic rings. The Morgan fingerprint density at radius 1 is 1.80 bits per heavy atom. The van der Waals surface area contributed by atoms with E-state index in [-0.39, 0.29) is 5.38 Å². The predicted molar refractivity (Wildman–Crippen MR) is 39.2 cm³/mol. The minimum absolute atomic E-state index is 0.0696. The molecule has 1 N–H and O–H groups in total. The van der Waals surface area contributed by atoms with Crippen molar-refractivity contribution < 1.29 is 9.90 Å². The quantitative estimate of drug-likeness (QED) is 0.594. The van der Waals surface area contributed by atoms with Gasteiger partial charge in [-0.1, -0.05) is 6.08 Å². The van der Waals surface area contributed by atoms with Crippen LogP contribution >= 0.6 is 11.6 Å². The van der Waals surface area contributed by atoms with Crippen LogP contribution in [0.1, 0.15) is 19.3 Å². The van der Waals surface area contributed by atoms with Gasteiger partial charge in [-0.3, -0.25) is 0 Å². The maximum absolute atomic E-state index is 10.4. The number of carboxylic acid groups (broad SMARTS) is 1. The van der Waals surface area contributed by atoms with E-state index in [2.05, 4.69) is 0 Å². The number of alkyl halides is 1. The van der Waals surface area contributed by atoms with E-state index in [9.17, 15) is 4.79 Å². The van der Waals surface area contributed by atoms with Gasteiger partial charge in [0, 0.05) is 5.57 Å². The summed E-state index contributed by atoms with van der Waals surface area (Å²) in [5.74, 6) is -0.828. The van der Waals surface area contributed by atoms with Crippen LogP contribution in [0.25, 0.3) is 0 Å². The van der Waals surface area contributed by atoms with Gasteiger partial charge < -0.3 is 5.11 Å². The van der Waals surface area contributed by atoms with Crippen molar-refractivity contribution in [3.05, 3.63) is 11.6 Å². The van der Waals surface area contributed by atoms with E-state index in [1.54, 1.807) is 6.08 Å². The Kier molecular flexibility index (Phi) is 2.33. The maximum atomic E-state index is 10.4. The maximum Gasteiger partial charge on any atom is 0.331 e. The third-order valence-corrected chi connectivity index (χ3v) is 1.93. The third-order valence-electron chi connectivity index (χ3n) is 1.58. The van der Waals surface area contributed by atoms with Crippen LogP contribution in [0.4, 0.5) is 0 Å². The summed E-state index contributed by atoms with van der Waals surface area (Å²) in [6, 6.07) is 0. The van der Waals surface area contributed by atoms with Crippen molar-refractivity contribution in [3.8, 4) is 0 Å². The summed E-state index contributed by atoms with van der Waals surface area (Å²) in [6.07, 6.45) is 4.09. The van der Waals surface area contributed by atoms with E-state index in [1.165, 1.54) is 0 Å². The molecule has 0 aliphatic heterocycles. The Morgan fingerprint density at radius 3 is 2.90 bits per heavy atom. The molecule has 1 aliphatic carbocycles. The van der Waals surface area contributed by atoms with Gasteiger partial charge in [0.2, 0.25) is 0 Å². The highest BCUT2D eigenvalue weighted by atomic mass is 35.5. The Labute approximate surface area is 64.5 Å². The minimum Gasteiger partial charge on any atom is -0.478 e. The molecule has 56 valence electrons. The number of carbonyl (C=O) groups is 1. The lowest BCUT2D eigenvalue weighted by atomic mass is 10.00. The summed E-state index contributed by atoms with van der Waals surface area (Å²) >= 11 is 5.72. The number of halogens is 1. The summed E-state index contributed by atoms with van der Waals surface area (Å²) in [5.41, 5.74) is 0.464. The third kappa shape index (κ3) is 1.74. The monoisotopic (exact) mass is 160 g/mol. The van der Waals surface area contributed by atoms with E-state index in [0.717, 1.165) is 12.8 Å². The summed E-state index contributed by atoms with van der Waals surface area (Å²) < 4.78 is 0. The number of rotatable bonds is 1. The summed E-state index contributed by atoms with van der Waals surface area (Å²) in [4.78, 5) is 10.4. The molecule has 3 heteroatoms. The zero-order chi connectivity index (χ0) is 7.56. The molecule has 1 aliphatic rings. The van der Waals surface area contributed by atoms with Crippen molar-refractivity contribution in [1.29, 1.82) is 0 Å². The van der Waals surface area contributed by atoms with Crippen LogP contribution in [-0.2, 0) is 4.79 Å². The Bertz CT molecular complexity index is 174. The van der Waals surface area contributed by atoms with Gasteiger partial charge in [-0.15, -0.1) is 11.6 Å². The van der Waals surface area contributed by atoms with E-state index < -0.39 is 5.97 Å². The molecule has 1 unspecified atom stereocenters. The van der Waals surface area contributed by atoms with E-state index in [4.69, 9.17) is 16.7 Å². The molecular weight excluding hydrogens is 152 g/mol. The van der Waals surface area contributed by atoms with Gasteiger partial charge in [0.25, 0.3) is 0 Å². The first-order valence-electron chi connectivity index (χ1n) is 3.28. The van der Waals surface area contributed by atoms with Gasteiger partial charge in [-0.2, -0.15) is 0 Å². The van der Waals surface area contributed by atoms with Gasteiger partial charge in [0.15, 0.2) is 0 Å². The fourth-order valence-corrected chi connectivity index (χ4v) is 1.36. The van der Waals surface area contributed by atoms with Gasteiger partial charge >= 0.3 is 5.97 Å². The number of aliphatic carboxylic acids is 1. The van der Waals surface area contributed by atoms with Crippen LogP contribution in [0.15, 0.2) is 11.6 Å². The van der Waals surface area contributed by atoms with Crippen LogP contribution in [-0.4, -0.2) is 16.5 Å². The molecule has 0 fully saturated rings. The molecule has 1 rings (SSSR count). The van der Waals surface area contributed by atoms with Crippen LogP contribution in [0, 0.1) is 0 Å². The second-order valence-electron chi connectivity index (χ2n) is 2.41. The Balaban J connectivity index is 2.66. The van der Waals surface area contributed by atoms with Crippen molar-refractivity contribution in [2.75, 3.05) is 0 Å². The zero-order valence-corrected chi connectivity index (χ0v) is 6.27. The van der Waals surface area contributed by atoms with Crippen molar-refractivity contribution >= 4 is 17.6 Å². The smallest absolute Gasteiger partial charge is 0.331 e. The fraction of sp³-hybridized carbons (Fsp3) is 0.571. The highest BCUT2D eigenvalue weighted by Crippen LogP contribution is 2.21. The molecule has 2 nitrogen and oxygen atoms in total. The predicted octanol–water partition coefficient (Wildman–Crippen LogP) is 1.79. The lowest BCUT2D eigenvalue weighted by Crippen LogP contribution is -2.09. The molecule has 0 amide bonds. The van der Waals surface area contributed by atoms with E-state index >= 15 is 0 Å². The Hall–Kier alpha value is -0.500. The van der Waals surface area contributed by atoms with Crippen molar-refractivity contribution in [2.24, 2.45) is 0 Å². The molecule has 0 bridgehead atoms. The average molecular weight is 161 g/mol. The lowest BCUT2D eigenvalue weighted by molar-refractivity contribution is -0.132. The van der Waals surface area contributed by atoms with Crippen LogP contribution < -0.4 is 0 Å². The lowest BCUT2D eigenvalue weighted by Gasteiger charge is -2.12. The van der Waals surface area contributed by atoms with Crippen molar-refractivity contribution in [2.45, 2.75) is 24.6 Å². The molecule has 0 aromatic carbocycles. The molecule has 1 atom stereocenters. The normalized spacial score (nSPS) is 25.7. The first-order chi connectivity index (χ1) is 4.70. The topological polar surface area (TPSA) is 37.3 Å². The second-order valence-corrected chi connectivity index (χ2v) is 2.97. The fourth-order valence-electron chi connectivity index (χ4n) is 1.05. The first-order valence-corrected chi connectivity index (χ1v) is 3.72. The van der Waals surface area contributed by atoms with E-state index in [1.807, 2.05) is 0 Å². The number of hydrogen-bond donors (Lipinski definition) is 1. The van der Waals surface area contributed by atoms with Gasteiger partial charge in [0.1, 0.15) is 0 Å². The van der Waals surface area contributed by atoms with Crippen LogP contribution in [0.2, 0.25) is 0 Å². The van der Waals surface area contributed by atoms with Gasteiger partial charge in [0.05, 0.1) is 5.38 Å². The standard InChI is InChI=1S/C7H9ClO2/c8-6-3-1-2-5(4-6)7(9)10/h4,6H,1-3H2,(H,9,10). The molecule has 0 aromatic heterocycles. The minimum atomic E-state index is -0.828. The molecule has 0 heterocycles. The van der Waals surface area contributed by atoms with Crippen LogP contribution in [0.3, 0.4) is 0 Å². The van der Waals surface area contributed by atoms with E-state index in [0.29, 0.717) is 12.0 Å². The van der Waals surface area contributed by atoms with Crippen molar-refractivity contribution in [3.63, 3.8) is 0 Å². The zero-order valence-electron chi connectivity index (χ0n) is 5.51. The molecule has 0 radical (unpaired) electrons. The SMILES string of the molecule is O=C(O)C1=CC(Cl)CCC1.